The lowest BCUT2D eigenvalue weighted by atomic mass is 10.0. The molecule has 0 aromatic rings. The molecule has 1 saturated heterocycles. The third kappa shape index (κ3) is 5.25. The van der Waals surface area contributed by atoms with Crippen LogP contribution in [-0.4, -0.2) is 42.8 Å². The number of rotatable bonds is 3. The van der Waals surface area contributed by atoms with E-state index in [0.717, 1.165) is 19.3 Å². The maximum Gasteiger partial charge on any atom is 0.411 e. The predicted molar refractivity (Wildman–Crippen MR) is 61.1 cm³/mol. The van der Waals surface area contributed by atoms with Gasteiger partial charge in [-0.1, -0.05) is 6.92 Å². The second-order valence-corrected chi connectivity index (χ2v) is 4.93. The summed E-state index contributed by atoms with van der Waals surface area (Å²) in [6.07, 6.45) is -2.56. The number of carbonyl (C=O) groups excluding carboxylic acids is 1. The van der Waals surface area contributed by atoms with E-state index >= 15 is 0 Å². The lowest BCUT2D eigenvalue weighted by Crippen LogP contribution is -2.40. The van der Waals surface area contributed by atoms with E-state index in [2.05, 4.69) is 11.7 Å². The summed E-state index contributed by atoms with van der Waals surface area (Å²) in [4.78, 5) is 13.5. The SMILES string of the molecule is C[C@H]1CCCN(C(=O)[C@H](C)OCC(F)(F)F)CC1. The Morgan fingerprint density at radius 2 is 2.06 bits per heavy atom. The molecule has 0 radical (unpaired) electrons. The molecule has 0 unspecified atom stereocenters. The third-order valence-electron chi connectivity index (χ3n) is 3.17. The molecule has 1 heterocycles. The zero-order valence-corrected chi connectivity index (χ0v) is 10.8. The van der Waals surface area contributed by atoms with Crippen molar-refractivity contribution in [1.29, 1.82) is 0 Å². The van der Waals surface area contributed by atoms with Crippen LogP contribution >= 0.6 is 0 Å². The molecule has 0 saturated carbocycles. The first kappa shape index (κ1) is 15.3. The molecule has 1 aliphatic rings. The first-order valence-corrected chi connectivity index (χ1v) is 6.26. The van der Waals surface area contributed by atoms with E-state index in [1.165, 1.54) is 6.92 Å². The van der Waals surface area contributed by atoms with Gasteiger partial charge in [-0.3, -0.25) is 4.79 Å². The summed E-state index contributed by atoms with van der Waals surface area (Å²) >= 11 is 0. The molecule has 0 aromatic heterocycles. The lowest BCUT2D eigenvalue weighted by Gasteiger charge is -2.24. The van der Waals surface area contributed by atoms with Crippen molar-refractivity contribution in [2.24, 2.45) is 5.92 Å². The van der Waals surface area contributed by atoms with Crippen LogP contribution in [0.3, 0.4) is 0 Å². The highest BCUT2D eigenvalue weighted by molar-refractivity contribution is 5.80. The largest absolute Gasteiger partial charge is 0.411 e. The molecular weight excluding hydrogens is 247 g/mol. The Labute approximate surface area is 105 Å². The molecule has 0 aliphatic carbocycles. The summed E-state index contributed by atoms with van der Waals surface area (Å²) in [6, 6.07) is 0. The Balaban J connectivity index is 2.42. The van der Waals surface area contributed by atoms with Gasteiger partial charge in [0, 0.05) is 13.1 Å². The van der Waals surface area contributed by atoms with Crippen molar-refractivity contribution < 1.29 is 22.7 Å². The van der Waals surface area contributed by atoms with Crippen molar-refractivity contribution in [3.8, 4) is 0 Å². The van der Waals surface area contributed by atoms with Gasteiger partial charge >= 0.3 is 6.18 Å². The van der Waals surface area contributed by atoms with Crippen molar-refractivity contribution in [2.45, 2.75) is 45.4 Å². The average molecular weight is 267 g/mol. The first-order chi connectivity index (χ1) is 8.29. The first-order valence-electron chi connectivity index (χ1n) is 6.26. The van der Waals surface area contributed by atoms with Crippen molar-refractivity contribution in [3.05, 3.63) is 0 Å². The quantitative estimate of drug-likeness (QED) is 0.786. The van der Waals surface area contributed by atoms with Gasteiger partial charge < -0.3 is 9.64 Å². The molecular formula is C12H20F3NO2. The molecule has 1 rings (SSSR count). The van der Waals surface area contributed by atoms with E-state index < -0.39 is 18.9 Å². The van der Waals surface area contributed by atoms with Gasteiger partial charge in [0.15, 0.2) is 0 Å². The molecule has 6 heteroatoms. The number of alkyl halides is 3. The Bertz CT molecular complexity index is 281. The van der Waals surface area contributed by atoms with E-state index in [0.29, 0.717) is 19.0 Å². The number of likely N-dealkylation sites (tertiary alicyclic amines) is 1. The number of halogens is 3. The number of hydrogen-bond donors (Lipinski definition) is 0. The van der Waals surface area contributed by atoms with Gasteiger partial charge in [-0.05, 0) is 32.1 Å². The second kappa shape index (κ2) is 6.41. The Kier molecular flexibility index (Phi) is 5.44. The van der Waals surface area contributed by atoms with E-state index in [1.54, 1.807) is 4.90 Å². The topological polar surface area (TPSA) is 29.5 Å². The summed E-state index contributed by atoms with van der Waals surface area (Å²) in [5.41, 5.74) is 0. The van der Waals surface area contributed by atoms with E-state index in [4.69, 9.17) is 0 Å². The van der Waals surface area contributed by atoms with Crippen LogP contribution in [0.25, 0.3) is 0 Å². The van der Waals surface area contributed by atoms with Crippen LogP contribution < -0.4 is 0 Å². The summed E-state index contributed by atoms with van der Waals surface area (Å²) in [6.45, 7) is 3.35. The number of amides is 1. The van der Waals surface area contributed by atoms with Gasteiger partial charge in [-0.2, -0.15) is 13.2 Å². The maximum absolute atomic E-state index is 12.0. The third-order valence-corrected chi connectivity index (χ3v) is 3.17. The average Bonchev–Trinajstić information content (AvgIpc) is 2.49. The fourth-order valence-corrected chi connectivity index (χ4v) is 2.03. The highest BCUT2D eigenvalue weighted by Gasteiger charge is 2.31. The summed E-state index contributed by atoms with van der Waals surface area (Å²) < 4.78 is 40.5. The molecule has 0 spiro atoms. The van der Waals surface area contributed by atoms with Gasteiger partial charge in [0.25, 0.3) is 5.91 Å². The smallest absolute Gasteiger partial charge is 0.359 e. The molecule has 0 N–H and O–H groups in total. The molecule has 106 valence electrons. The Morgan fingerprint density at radius 1 is 1.39 bits per heavy atom. The normalized spacial score (nSPS) is 23.6. The summed E-state index contributed by atoms with van der Waals surface area (Å²) in [5.74, 6) is 0.225. The predicted octanol–water partition coefficient (Wildman–Crippen LogP) is 2.60. The number of hydrogen-bond acceptors (Lipinski definition) is 2. The number of carbonyl (C=O) groups is 1. The monoisotopic (exact) mass is 267 g/mol. The van der Waals surface area contributed by atoms with Crippen molar-refractivity contribution in [3.63, 3.8) is 0 Å². The van der Waals surface area contributed by atoms with Gasteiger partial charge in [0.2, 0.25) is 0 Å². The fourth-order valence-electron chi connectivity index (χ4n) is 2.03. The van der Waals surface area contributed by atoms with Crippen molar-refractivity contribution >= 4 is 5.91 Å². The van der Waals surface area contributed by atoms with E-state index in [1.807, 2.05) is 0 Å². The van der Waals surface area contributed by atoms with Crippen LogP contribution in [0.5, 0.6) is 0 Å². The molecule has 2 atom stereocenters. The zero-order chi connectivity index (χ0) is 13.8. The Hall–Kier alpha value is -0.780. The fraction of sp³-hybridized carbons (Fsp3) is 0.917. The zero-order valence-electron chi connectivity index (χ0n) is 10.8. The van der Waals surface area contributed by atoms with Crippen LogP contribution in [0.1, 0.15) is 33.1 Å². The van der Waals surface area contributed by atoms with Gasteiger partial charge in [-0.25, -0.2) is 0 Å². The molecule has 0 aromatic carbocycles. The van der Waals surface area contributed by atoms with E-state index in [-0.39, 0.29) is 5.91 Å². The molecule has 3 nitrogen and oxygen atoms in total. The van der Waals surface area contributed by atoms with E-state index in [9.17, 15) is 18.0 Å². The highest BCUT2D eigenvalue weighted by atomic mass is 19.4. The Morgan fingerprint density at radius 3 is 2.67 bits per heavy atom. The van der Waals surface area contributed by atoms with Crippen molar-refractivity contribution in [1.82, 2.24) is 4.90 Å². The molecule has 18 heavy (non-hydrogen) atoms. The van der Waals surface area contributed by atoms with Crippen LogP contribution in [-0.2, 0) is 9.53 Å². The van der Waals surface area contributed by atoms with Gasteiger partial charge in [0.1, 0.15) is 12.7 Å². The van der Waals surface area contributed by atoms with Crippen LogP contribution in [0.2, 0.25) is 0 Å². The number of ether oxygens (including phenoxy) is 1. The minimum absolute atomic E-state index is 0.339. The van der Waals surface area contributed by atoms with Gasteiger partial charge in [-0.15, -0.1) is 0 Å². The van der Waals surface area contributed by atoms with Crippen LogP contribution in [0.15, 0.2) is 0 Å². The maximum atomic E-state index is 12.0. The second-order valence-electron chi connectivity index (χ2n) is 4.93. The molecule has 1 aliphatic heterocycles. The lowest BCUT2D eigenvalue weighted by molar-refractivity contribution is -0.188. The molecule has 0 bridgehead atoms. The standard InChI is InChI=1S/C12H20F3NO2/c1-9-4-3-6-16(7-5-9)11(17)10(2)18-8-12(13,14)15/h9-10H,3-8H2,1-2H3/t9-,10-/m0/s1. The van der Waals surface area contributed by atoms with Crippen LogP contribution in [0, 0.1) is 5.92 Å². The van der Waals surface area contributed by atoms with Crippen LogP contribution in [0.4, 0.5) is 13.2 Å². The summed E-state index contributed by atoms with van der Waals surface area (Å²) in [7, 11) is 0. The molecule has 1 fully saturated rings. The van der Waals surface area contributed by atoms with Crippen molar-refractivity contribution in [2.75, 3.05) is 19.7 Å². The minimum Gasteiger partial charge on any atom is -0.359 e. The highest BCUT2D eigenvalue weighted by Crippen LogP contribution is 2.19. The number of nitrogens with zero attached hydrogens (tertiary/aromatic N) is 1. The minimum atomic E-state index is -4.39. The summed E-state index contributed by atoms with van der Waals surface area (Å²) in [5, 5.41) is 0. The van der Waals surface area contributed by atoms with Gasteiger partial charge in [0.05, 0.1) is 0 Å². The molecule has 1 amide bonds.